The average molecular weight is 347 g/mol. The van der Waals surface area contributed by atoms with E-state index in [0.29, 0.717) is 0 Å². The zero-order chi connectivity index (χ0) is 16.3. The van der Waals surface area contributed by atoms with Crippen LogP contribution in [-0.4, -0.2) is 24.1 Å². The monoisotopic (exact) mass is 346 g/mol. The smallest absolute Gasteiger partial charge is 0.241 e. The molecule has 0 saturated carbocycles. The second-order valence-corrected chi connectivity index (χ2v) is 6.40. The molecule has 1 heterocycles. The van der Waals surface area contributed by atoms with Gasteiger partial charge in [0.2, 0.25) is 15.9 Å². The van der Waals surface area contributed by atoms with Crippen molar-refractivity contribution >= 4 is 33.2 Å². The van der Waals surface area contributed by atoms with Gasteiger partial charge < -0.3 is 5.32 Å². The molecule has 1 amide bonds. The minimum atomic E-state index is -3.82. The molecule has 0 aliphatic carbocycles. The number of amides is 1. The second-order valence-electron chi connectivity index (χ2n) is 4.41. The van der Waals surface area contributed by atoms with E-state index in [-0.39, 0.29) is 28.6 Å². The van der Waals surface area contributed by atoms with Crippen molar-refractivity contribution in [3.63, 3.8) is 0 Å². The summed E-state index contributed by atoms with van der Waals surface area (Å²) in [5.74, 6) is -1.09. The zero-order valence-corrected chi connectivity index (χ0v) is 12.7. The highest BCUT2D eigenvalue weighted by atomic mass is 35.5. The Morgan fingerprint density at radius 1 is 1.45 bits per heavy atom. The summed E-state index contributed by atoms with van der Waals surface area (Å²) in [4.78, 5) is 11.6. The van der Waals surface area contributed by atoms with Crippen LogP contribution in [0.25, 0.3) is 0 Å². The summed E-state index contributed by atoms with van der Waals surface area (Å²) in [6.07, 6.45) is 2.28. The number of nitrogens with two attached hydrogens (primary N) is 1. The van der Waals surface area contributed by atoms with E-state index < -0.39 is 21.7 Å². The first-order valence-corrected chi connectivity index (χ1v) is 7.98. The molecule has 0 spiro atoms. The number of sulfonamides is 1. The molecule has 118 valence electrons. The number of aryl methyl sites for hydroxylation is 1. The normalized spacial score (nSPS) is 11.4. The summed E-state index contributed by atoms with van der Waals surface area (Å²) < 4.78 is 36.9. The van der Waals surface area contributed by atoms with Crippen molar-refractivity contribution in [1.29, 1.82) is 0 Å². The van der Waals surface area contributed by atoms with Crippen molar-refractivity contribution in [3.8, 4) is 0 Å². The molecule has 0 saturated heterocycles. The molecule has 7 nitrogen and oxygen atoms in total. The van der Waals surface area contributed by atoms with Gasteiger partial charge in [-0.1, -0.05) is 11.6 Å². The number of anilines is 1. The third kappa shape index (κ3) is 4.26. The Morgan fingerprint density at radius 2 is 2.18 bits per heavy atom. The van der Waals surface area contributed by atoms with Gasteiger partial charge in [0.05, 0.1) is 11.9 Å². The zero-order valence-electron chi connectivity index (χ0n) is 11.2. The maximum atomic E-state index is 13.5. The number of carbonyl (C=O) groups excluding carboxylic acids is 1. The molecule has 3 N–H and O–H groups in total. The van der Waals surface area contributed by atoms with Crippen molar-refractivity contribution < 1.29 is 17.6 Å². The van der Waals surface area contributed by atoms with Crippen molar-refractivity contribution in [2.75, 3.05) is 5.32 Å². The highest BCUT2D eigenvalue weighted by molar-refractivity contribution is 7.89. The van der Waals surface area contributed by atoms with Crippen LogP contribution in [0.2, 0.25) is 5.02 Å². The van der Waals surface area contributed by atoms with Gasteiger partial charge in [-0.2, -0.15) is 5.10 Å². The molecule has 0 aliphatic heterocycles. The fraction of sp³-hybridized carbons (Fsp3) is 0.167. The van der Waals surface area contributed by atoms with Crippen molar-refractivity contribution in [1.82, 2.24) is 9.78 Å². The second kappa shape index (κ2) is 6.42. The van der Waals surface area contributed by atoms with Gasteiger partial charge in [0.15, 0.2) is 0 Å². The van der Waals surface area contributed by atoms with Crippen LogP contribution in [-0.2, 0) is 21.4 Å². The first kappa shape index (κ1) is 16.4. The Morgan fingerprint density at radius 3 is 2.77 bits per heavy atom. The summed E-state index contributed by atoms with van der Waals surface area (Å²) in [6.45, 7) is 0.122. The molecule has 2 aromatic rings. The van der Waals surface area contributed by atoms with Crippen LogP contribution in [0.1, 0.15) is 6.42 Å². The number of carbonyl (C=O) groups is 1. The summed E-state index contributed by atoms with van der Waals surface area (Å²) in [6, 6.07) is 3.89. The van der Waals surface area contributed by atoms with E-state index in [1.807, 2.05) is 0 Å². The van der Waals surface area contributed by atoms with Gasteiger partial charge in [-0.05, 0) is 18.2 Å². The number of benzene rings is 1. The van der Waals surface area contributed by atoms with Gasteiger partial charge in [-0.15, -0.1) is 0 Å². The number of aromatic nitrogens is 2. The van der Waals surface area contributed by atoms with Gasteiger partial charge in [0, 0.05) is 24.2 Å². The standard InChI is InChI=1S/C12H12ClFN4O3S/c13-8-1-2-11(10(14)5-8)17-12(19)3-4-18-7-9(6-16-18)22(15,20)21/h1-2,5-7H,3-4H2,(H,17,19)(H2,15,20,21). The quantitative estimate of drug-likeness (QED) is 0.852. The average Bonchev–Trinajstić information content (AvgIpc) is 2.88. The molecule has 1 aromatic carbocycles. The first-order chi connectivity index (χ1) is 10.3. The minimum Gasteiger partial charge on any atom is -0.324 e. The van der Waals surface area contributed by atoms with Crippen molar-refractivity contribution in [2.45, 2.75) is 17.9 Å². The Labute approximate surface area is 130 Å². The number of hydrogen-bond acceptors (Lipinski definition) is 4. The highest BCUT2D eigenvalue weighted by Crippen LogP contribution is 2.19. The van der Waals surface area contributed by atoms with Crippen LogP contribution in [0, 0.1) is 5.82 Å². The van der Waals surface area contributed by atoms with E-state index in [9.17, 15) is 17.6 Å². The number of halogens is 2. The van der Waals surface area contributed by atoms with Crippen LogP contribution >= 0.6 is 11.6 Å². The van der Waals surface area contributed by atoms with E-state index in [0.717, 1.165) is 12.3 Å². The Balaban J connectivity index is 1.94. The van der Waals surface area contributed by atoms with Gasteiger partial charge in [-0.25, -0.2) is 17.9 Å². The van der Waals surface area contributed by atoms with Crippen LogP contribution in [0.15, 0.2) is 35.5 Å². The molecular weight excluding hydrogens is 335 g/mol. The van der Waals surface area contributed by atoms with Gasteiger partial charge in [0.1, 0.15) is 10.7 Å². The van der Waals surface area contributed by atoms with E-state index in [1.165, 1.54) is 23.0 Å². The SMILES string of the molecule is NS(=O)(=O)c1cnn(CCC(=O)Nc2ccc(Cl)cc2F)c1. The number of nitrogens with zero attached hydrogens (tertiary/aromatic N) is 2. The van der Waals surface area contributed by atoms with E-state index in [1.54, 1.807) is 0 Å². The Bertz CT molecular complexity index is 806. The minimum absolute atomic E-state index is 0.0140. The lowest BCUT2D eigenvalue weighted by atomic mass is 10.3. The summed E-state index contributed by atoms with van der Waals surface area (Å²) in [7, 11) is -3.82. The Hall–Kier alpha value is -1.97. The van der Waals surface area contributed by atoms with Crippen LogP contribution in [0.3, 0.4) is 0 Å². The van der Waals surface area contributed by atoms with E-state index >= 15 is 0 Å². The van der Waals surface area contributed by atoms with E-state index in [4.69, 9.17) is 16.7 Å². The number of rotatable bonds is 5. The van der Waals surface area contributed by atoms with E-state index in [2.05, 4.69) is 10.4 Å². The molecule has 0 bridgehead atoms. The maximum absolute atomic E-state index is 13.5. The van der Waals surface area contributed by atoms with Crippen molar-refractivity contribution in [2.24, 2.45) is 5.14 Å². The summed E-state index contributed by atoms with van der Waals surface area (Å²) >= 11 is 5.61. The lowest BCUT2D eigenvalue weighted by Crippen LogP contribution is -2.15. The van der Waals surface area contributed by atoms with Gasteiger partial charge in [-0.3, -0.25) is 9.48 Å². The molecule has 22 heavy (non-hydrogen) atoms. The molecule has 10 heteroatoms. The molecular formula is C12H12ClFN4O3S. The molecule has 0 radical (unpaired) electrons. The summed E-state index contributed by atoms with van der Waals surface area (Å²) in [5.41, 5.74) is 0.0140. The number of nitrogens with one attached hydrogen (secondary N) is 1. The lowest BCUT2D eigenvalue weighted by molar-refractivity contribution is -0.116. The predicted octanol–water partition coefficient (Wildman–Crippen LogP) is 1.35. The molecule has 2 rings (SSSR count). The van der Waals surface area contributed by atoms with Crippen LogP contribution < -0.4 is 10.5 Å². The largest absolute Gasteiger partial charge is 0.324 e. The number of hydrogen-bond donors (Lipinski definition) is 2. The van der Waals surface area contributed by atoms with Crippen LogP contribution in [0.5, 0.6) is 0 Å². The fourth-order valence-corrected chi connectivity index (χ4v) is 2.25. The lowest BCUT2D eigenvalue weighted by Gasteiger charge is -2.06. The van der Waals surface area contributed by atoms with Crippen LogP contribution in [0.4, 0.5) is 10.1 Å². The highest BCUT2D eigenvalue weighted by Gasteiger charge is 2.12. The third-order valence-corrected chi connectivity index (χ3v) is 3.81. The van der Waals surface area contributed by atoms with Gasteiger partial charge in [0.25, 0.3) is 0 Å². The predicted molar refractivity (Wildman–Crippen MR) is 78.3 cm³/mol. The molecule has 0 fully saturated rings. The topological polar surface area (TPSA) is 107 Å². The number of primary sulfonamides is 1. The molecule has 0 aliphatic rings. The Kier molecular flexibility index (Phi) is 4.79. The van der Waals surface area contributed by atoms with Gasteiger partial charge >= 0.3 is 0 Å². The molecule has 0 atom stereocenters. The van der Waals surface area contributed by atoms with Crippen molar-refractivity contribution in [3.05, 3.63) is 41.4 Å². The molecule has 1 aromatic heterocycles. The maximum Gasteiger partial charge on any atom is 0.241 e. The third-order valence-electron chi connectivity index (χ3n) is 2.71. The molecule has 0 unspecified atom stereocenters. The summed E-state index contributed by atoms with van der Waals surface area (Å²) in [5, 5.41) is 11.3. The fourth-order valence-electron chi connectivity index (χ4n) is 1.63. The first-order valence-electron chi connectivity index (χ1n) is 6.06.